The van der Waals surface area contributed by atoms with Gasteiger partial charge >= 0.3 is 0 Å². The van der Waals surface area contributed by atoms with Crippen LogP contribution in [-0.4, -0.2) is 58.4 Å². The zero-order valence-corrected chi connectivity index (χ0v) is 19.2. The van der Waals surface area contributed by atoms with Crippen molar-refractivity contribution in [3.63, 3.8) is 0 Å². The second-order valence-electron chi connectivity index (χ2n) is 8.79. The van der Waals surface area contributed by atoms with Gasteiger partial charge in [-0.1, -0.05) is 19.1 Å². The molecule has 7 nitrogen and oxygen atoms in total. The van der Waals surface area contributed by atoms with Crippen molar-refractivity contribution in [1.29, 1.82) is 0 Å². The number of piperazine rings is 1. The van der Waals surface area contributed by atoms with E-state index in [9.17, 15) is 4.39 Å². The maximum Gasteiger partial charge on any atom is 0.173 e. The first-order chi connectivity index (χ1) is 15.4. The number of hydrogen-bond acceptors (Lipinski definition) is 6. The van der Waals surface area contributed by atoms with E-state index in [4.69, 9.17) is 4.74 Å². The zero-order valence-electron chi connectivity index (χ0n) is 19.2. The predicted molar refractivity (Wildman–Crippen MR) is 122 cm³/mol. The molecule has 1 aromatic heterocycles. The van der Waals surface area contributed by atoms with E-state index in [0.717, 1.165) is 55.4 Å². The lowest BCUT2D eigenvalue weighted by Gasteiger charge is -2.40. The summed E-state index contributed by atoms with van der Waals surface area (Å²) in [5.74, 6) is 1.46. The smallest absolute Gasteiger partial charge is 0.173 e. The zero-order chi connectivity index (χ0) is 22.7. The lowest BCUT2D eigenvalue weighted by atomic mass is 9.99. The Bertz CT molecular complexity index is 1010. The molecule has 0 spiro atoms. The molecule has 0 N–H and O–H groups in total. The van der Waals surface area contributed by atoms with E-state index in [1.54, 1.807) is 7.11 Å². The molecule has 8 heteroatoms. The topological polar surface area (TPSA) is 59.3 Å². The van der Waals surface area contributed by atoms with Gasteiger partial charge in [-0.05, 0) is 72.7 Å². The van der Waals surface area contributed by atoms with Crippen LogP contribution in [-0.2, 0) is 5.54 Å². The molecule has 2 heterocycles. The number of tetrazole rings is 1. The number of halogens is 1. The van der Waals surface area contributed by atoms with Gasteiger partial charge < -0.3 is 9.64 Å². The summed E-state index contributed by atoms with van der Waals surface area (Å²) in [7, 11) is 1.67. The number of aromatic nitrogens is 4. The molecule has 3 aromatic rings. The first-order valence-electron chi connectivity index (χ1n) is 11.1. The molecule has 1 aliphatic rings. The van der Waals surface area contributed by atoms with Crippen LogP contribution in [0.15, 0.2) is 48.5 Å². The molecule has 0 radical (unpaired) electrons. The first kappa shape index (κ1) is 22.2. The van der Waals surface area contributed by atoms with Gasteiger partial charge in [0.05, 0.1) is 18.7 Å². The van der Waals surface area contributed by atoms with Crippen LogP contribution in [0.1, 0.15) is 44.6 Å². The van der Waals surface area contributed by atoms with Gasteiger partial charge in [0.2, 0.25) is 0 Å². The highest BCUT2D eigenvalue weighted by atomic mass is 19.1. The van der Waals surface area contributed by atoms with Crippen LogP contribution in [0.2, 0.25) is 0 Å². The number of hydrogen-bond donors (Lipinski definition) is 0. The number of ether oxygens (including phenoxy) is 1. The Kier molecular flexibility index (Phi) is 6.41. The number of benzene rings is 2. The van der Waals surface area contributed by atoms with Gasteiger partial charge in [-0.15, -0.1) is 5.10 Å². The van der Waals surface area contributed by atoms with Crippen molar-refractivity contribution in [3.8, 4) is 5.75 Å². The molecule has 0 unspecified atom stereocenters. The summed E-state index contributed by atoms with van der Waals surface area (Å²) in [6, 6.07) is 14.8. The summed E-state index contributed by atoms with van der Waals surface area (Å²) in [5.41, 5.74) is 1.98. The van der Waals surface area contributed by atoms with Gasteiger partial charge in [-0.3, -0.25) is 4.90 Å². The molecule has 32 heavy (non-hydrogen) atoms. The molecule has 1 aliphatic heterocycles. The maximum absolute atomic E-state index is 13.3. The SMILES string of the molecule is CCC(C)(C)n1nnnc1[C@@H](c1ccc(OC)cc1)N1CCN(c2ccc(F)cc2)CC1. The lowest BCUT2D eigenvalue weighted by Crippen LogP contribution is -2.48. The van der Waals surface area contributed by atoms with E-state index < -0.39 is 0 Å². The van der Waals surface area contributed by atoms with E-state index in [1.807, 2.05) is 28.9 Å². The van der Waals surface area contributed by atoms with E-state index >= 15 is 0 Å². The molecule has 4 rings (SSSR count). The van der Waals surface area contributed by atoms with Crippen molar-refractivity contribution < 1.29 is 9.13 Å². The fourth-order valence-electron chi connectivity index (χ4n) is 4.15. The number of anilines is 1. The summed E-state index contributed by atoms with van der Waals surface area (Å²) in [6.07, 6.45) is 0.915. The van der Waals surface area contributed by atoms with E-state index in [-0.39, 0.29) is 17.4 Å². The predicted octanol–water partition coefficient (Wildman–Crippen LogP) is 3.88. The molecular weight excluding hydrogens is 407 g/mol. The van der Waals surface area contributed by atoms with Crippen molar-refractivity contribution in [3.05, 3.63) is 65.7 Å². The summed E-state index contributed by atoms with van der Waals surface area (Å²) >= 11 is 0. The van der Waals surface area contributed by atoms with Crippen LogP contribution in [0.5, 0.6) is 5.75 Å². The van der Waals surface area contributed by atoms with Gasteiger partial charge in [0.1, 0.15) is 11.6 Å². The summed E-state index contributed by atoms with van der Waals surface area (Å²) in [4.78, 5) is 4.72. The fourth-order valence-corrected chi connectivity index (χ4v) is 4.15. The Morgan fingerprint density at radius 3 is 2.25 bits per heavy atom. The monoisotopic (exact) mass is 438 g/mol. The molecule has 1 saturated heterocycles. The standard InChI is InChI=1S/C24H31FN6O/c1-5-24(2,3)31-23(26-27-28-31)22(18-6-12-21(32-4)13-7-18)30-16-14-29(15-17-30)20-10-8-19(25)9-11-20/h6-13,22H,5,14-17H2,1-4H3/t22-/m1/s1. The molecule has 1 atom stereocenters. The van der Waals surface area contributed by atoms with Crippen LogP contribution in [0, 0.1) is 5.82 Å². The Balaban J connectivity index is 1.63. The normalized spacial score (nSPS) is 16.2. The first-order valence-corrected chi connectivity index (χ1v) is 11.1. The quantitative estimate of drug-likeness (QED) is 0.558. The van der Waals surface area contributed by atoms with Crippen LogP contribution >= 0.6 is 0 Å². The molecule has 0 saturated carbocycles. The Labute approximate surface area is 188 Å². The lowest BCUT2D eigenvalue weighted by molar-refractivity contribution is 0.187. The second kappa shape index (κ2) is 9.24. The Hall–Kier alpha value is -3.00. The molecule has 0 aliphatic carbocycles. The molecule has 0 bridgehead atoms. The Morgan fingerprint density at radius 2 is 1.66 bits per heavy atom. The molecule has 0 amide bonds. The molecule has 2 aromatic carbocycles. The minimum atomic E-state index is -0.211. The number of methoxy groups -OCH3 is 1. The third-order valence-corrected chi connectivity index (χ3v) is 6.48. The summed E-state index contributed by atoms with van der Waals surface area (Å²) < 4.78 is 20.7. The van der Waals surface area contributed by atoms with Crippen molar-refractivity contribution >= 4 is 5.69 Å². The minimum Gasteiger partial charge on any atom is -0.497 e. The van der Waals surface area contributed by atoms with Gasteiger partial charge in [0, 0.05) is 31.9 Å². The van der Waals surface area contributed by atoms with Gasteiger partial charge in [0.25, 0.3) is 0 Å². The van der Waals surface area contributed by atoms with Crippen LogP contribution in [0.4, 0.5) is 10.1 Å². The van der Waals surface area contributed by atoms with Gasteiger partial charge in [-0.2, -0.15) is 0 Å². The maximum atomic E-state index is 13.3. The third-order valence-electron chi connectivity index (χ3n) is 6.48. The van der Waals surface area contributed by atoms with Crippen molar-refractivity contribution in [2.45, 2.75) is 38.8 Å². The van der Waals surface area contributed by atoms with Crippen molar-refractivity contribution in [1.82, 2.24) is 25.1 Å². The second-order valence-corrected chi connectivity index (χ2v) is 8.79. The average Bonchev–Trinajstić information content (AvgIpc) is 3.31. The average molecular weight is 439 g/mol. The molecule has 170 valence electrons. The summed E-state index contributed by atoms with van der Waals surface area (Å²) in [6.45, 7) is 9.83. The third kappa shape index (κ3) is 4.46. The fraction of sp³-hybridized carbons (Fsp3) is 0.458. The van der Waals surface area contributed by atoms with Crippen LogP contribution in [0.3, 0.4) is 0 Å². The highest BCUT2D eigenvalue weighted by Crippen LogP contribution is 2.33. The van der Waals surface area contributed by atoms with Crippen LogP contribution < -0.4 is 9.64 Å². The van der Waals surface area contributed by atoms with E-state index in [0.29, 0.717) is 0 Å². The minimum absolute atomic E-state index is 0.0721. The number of rotatable bonds is 7. The molecule has 1 fully saturated rings. The number of nitrogens with zero attached hydrogens (tertiary/aromatic N) is 6. The van der Waals surface area contributed by atoms with E-state index in [2.05, 4.69) is 58.2 Å². The van der Waals surface area contributed by atoms with Gasteiger partial charge in [0.15, 0.2) is 5.82 Å². The van der Waals surface area contributed by atoms with E-state index in [1.165, 1.54) is 12.1 Å². The highest BCUT2D eigenvalue weighted by Gasteiger charge is 2.34. The molecular formula is C24H31FN6O. The van der Waals surface area contributed by atoms with Crippen molar-refractivity contribution in [2.24, 2.45) is 0 Å². The van der Waals surface area contributed by atoms with Crippen molar-refractivity contribution in [2.75, 3.05) is 38.2 Å². The Morgan fingerprint density at radius 1 is 1.00 bits per heavy atom. The largest absolute Gasteiger partial charge is 0.497 e. The van der Waals surface area contributed by atoms with Gasteiger partial charge in [-0.25, -0.2) is 9.07 Å². The van der Waals surface area contributed by atoms with Crippen LogP contribution in [0.25, 0.3) is 0 Å². The summed E-state index contributed by atoms with van der Waals surface area (Å²) in [5, 5.41) is 12.9. The highest BCUT2D eigenvalue weighted by molar-refractivity contribution is 5.46.